The first-order valence-corrected chi connectivity index (χ1v) is 4.95. The molecule has 0 aliphatic heterocycles. The highest BCUT2D eigenvalue weighted by atomic mass is 16.4. The molecule has 0 bridgehead atoms. The van der Waals surface area contributed by atoms with E-state index in [1.807, 2.05) is 0 Å². The number of pyridine rings is 2. The van der Waals surface area contributed by atoms with Crippen molar-refractivity contribution in [3.05, 3.63) is 52.6 Å². The van der Waals surface area contributed by atoms with E-state index in [2.05, 4.69) is 4.98 Å². The van der Waals surface area contributed by atoms with Crippen LogP contribution in [0.25, 0.3) is 11.3 Å². The average molecular weight is 230 g/mol. The van der Waals surface area contributed by atoms with Crippen molar-refractivity contribution in [1.82, 2.24) is 9.55 Å². The summed E-state index contributed by atoms with van der Waals surface area (Å²) >= 11 is 0. The van der Waals surface area contributed by atoms with E-state index >= 15 is 0 Å². The number of aromatic nitrogens is 2. The van der Waals surface area contributed by atoms with E-state index in [0.717, 1.165) is 0 Å². The number of carbonyl (C=O) groups is 1. The largest absolute Gasteiger partial charge is 0.477 e. The molecule has 0 aromatic carbocycles. The van der Waals surface area contributed by atoms with Crippen molar-refractivity contribution in [2.75, 3.05) is 0 Å². The topological polar surface area (TPSA) is 72.2 Å². The highest BCUT2D eigenvalue weighted by Gasteiger charge is 2.07. The molecule has 2 rings (SSSR count). The van der Waals surface area contributed by atoms with Crippen molar-refractivity contribution in [3.8, 4) is 11.3 Å². The quantitative estimate of drug-likeness (QED) is 0.839. The predicted molar refractivity (Wildman–Crippen MR) is 61.9 cm³/mol. The zero-order valence-electron chi connectivity index (χ0n) is 9.12. The number of aromatic carboxylic acids is 1. The van der Waals surface area contributed by atoms with Crippen LogP contribution >= 0.6 is 0 Å². The Labute approximate surface area is 97.0 Å². The van der Waals surface area contributed by atoms with Gasteiger partial charge < -0.3 is 9.67 Å². The lowest BCUT2D eigenvalue weighted by molar-refractivity contribution is 0.0690. The Morgan fingerprint density at radius 2 is 2.12 bits per heavy atom. The summed E-state index contributed by atoms with van der Waals surface area (Å²) in [7, 11) is 1.65. The Kier molecular flexibility index (Phi) is 2.74. The van der Waals surface area contributed by atoms with Gasteiger partial charge in [0.25, 0.3) is 5.56 Å². The predicted octanol–water partition coefficient (Wildman–Crippen LogP) is 1.15. The highest BCUT2D eigenvalue weighted by Crippen LogP contribution is 2.14. The lowest BCUT2D eigenvalue weighted by Gasteiger charge is -2.03. The molecule has 2 aromatic heterocycles. The third-order valence-corrected chi connectivity index (χ3v) is 2.37. The number of hydrogen-bond acceptors (Lipinski definition) is 3. The van der Waals surface area contributed by atoms with E-state index < -0.39 is 5.97 Å². The molecule has 0 amide bonds. The van der Waals surface area contributed by atoms with Gasteiger partial charge in [-0.05, 0) is 18.2 Å². The van der Waals surface area contributed by atoms with Crippen molar-refractivity contribution in [1.29, 1.82) is 0 Å². The minimum Gasteiger partial charge on any atom is -0.477 e. The zero-order chi connectivity index (χ0) is 12.4. The molecule has 0 saturated carbocycles. The van der Waals surface area contributed by atoms with Crippen LogP contribution in [0.3, 0.4) is 0 Å². The molecule has 0 saturated heterocycles. The normalized spacial score (nSPS) is 10.2. The fourth-order valence-electron chi connectivity index (χ4n) is 1.42. The minimum atomic E-state index is -1.09. The smallest absolute Gasteiger partial charge is 0.354 e. The monoisotopic (exact) mass is 230 g/mol. The molecule has 5 nitrogen and oxygen atoms in total. The molecule has 86 valence electrons. The van der Waals surface area contributed by atoms with Crippen LogP contribution in [0.2, 0.25) is 0 Å². The first-order chi connectivity index (χ1) is 8.08. The molecule has 0 aliphatic carbocycles. The van der Waals surface area contributed by atoms with Gasteiger partial charge in [0.2, 0.25) is 0 Å². The Bertz CT molecular complexity index is 632. The molecule has 5 heteroatoms. The lowest BCUT2D eigenvalue weighted by atomic mass is 10.1. The minimum absolute atomic E-state index is 0.0387. The van der Waals surface area contributed by atoms with E-state index in [4.69, 9.17) is 5.11 Å². The molecule has 0 radical (unpaired) electrons. The second kappa shape index (κ2) is 4.21. The summed E-state index contributed by atoms with van der Waals surface area (Å²) in [6, 6.07) is 7.82. The van der Waals surface area contributed by atoms with E-state index in [1.54, 1.807) is 31.4 Å². The summed E-state index contributed by atoms with van der Waals surface area (Å²) in [5.41, 5.74) is 0.881. The Balaban J connectivity index is 2.53. The van der Waals surface area contributed by atoms with Crippen molar-refractivity contribution in [3.63, 3.8) is 0 Å². The second-order valence-corrected chi connectivity index (χ2v) is 3.58. The molecular formula is C12H10N2O3. The number of hydrogen-bond donors (Lipinski definition) is 1. The summed E-state index contributed by atoms with van der Waals surface area (Å²) in [5, 5.41) is 8.83. The van der Waals surface area contributed by atoms with Crippen LogP contribution in [0.4, 0.5) is 0 Å². The average Bonchev–Trinajstić information content (AvgIpc) is 2.33. The van der Waals surface area contributed by atoms with Gasteiger partial charge in [-0.1, -0.05) is 6.07 Å². The fraction of sp³-hybridized carbons (Fsp3) is 0.0833. The SMILES string of the molecule is Cn1ccc(-c2cccc(C(=O)O)n2)cc1=O. The molecule has 0 unspecified atom stereocenters. The number of nitrogens with zero attached hydrogens (tertiary/aromatic N) is 2. The maximum Gasteiger partial charge on any atom is 0.354 e. The van der Waals surface area contributed by atoms with Gasteiger partial charge in [-0.3, -0.25) is 4.79 Å². The van der Waals surface area contributed by atoms with E-state index in [0.29, 0.717) is 11.3 Å². The highest BCUT2D eigenvalue weighted by molar-refractivity contribution is 5.86. The zero-order valence-corrected chi connectivity index (χ0v) is 9.12. The first-order valence-electron chi connectivity index (χ1n) is 4.95. The maximum absolute atomic E-state index is 11.5. The molecular weight excluding hydrogens is 220 g/mol. The summed E-state index contributed by atoms with van der Waals surface area (Å²) in [6.07, 6.45) is 1.62. The lowest BCUT2D eigenvalue weighted by Crippen LogP contribution is -2.14. The number of carboxylic acids is 1. The Hall–Kier alpha value is -2.43. The molecule has 17 heavy (non-hydrogen) atoms. The summed E-state index contributed by atoms with van der Waals surface area (Å²) in [6.45, 7) is 0. The van der Waals surface area contributed by atoms with Gasteiger partial charge in [-0.25, -0.2) is 9.78 Å². The molecule has 0 spiro atoms. The maximum atomic E-state index is 11.5. The molecule has 1 N–H and O–H groups in total. The van der Waals surface area contributed by atoms with Crippen molar-refractivity contribution >= 4 is 5.97 Å². The van der Waals surface area contributed by atoms with E-state index in [-0.39, 0.29) is 11.3 Å². The van der Waals surface area contributed by atoms with E-state index in [1.165, 1.54) is 16.7 Å². The van der Waals surface area contributed by atoms with Crippen LogP contribution in [0, 0.1) is 0 Å². The van der Waals surface area contributed by atoms with Gasteiger partial charge in [0.15, 0.2) is 0 Å². The molecule has 0 fully saturated rings. The van der Waals surface area contributed by atoms with Gasteiger partial charge >= 0.3 is 5.97 Å². The standard InChI is InChI=1S/C12H10N2O3/c1-14-6-5-8(7-11(14)15)9-3-2-4-10(13-9)12(16)17/h2-7H,1H3,(H,16,17). The van der Waals surface area contributed by atoms with Gasteiger partial charge in [-0.15, -0.1) is 0 Å². The van der Waals surface area contributed by atoms with Gasteiger partial charge in [-0.2, -0.15) is 0 Å². The molecule has 2 aromatic rings. The van der Waals surface area contributed by atoms with Crippen molar-refractivity contribution in [2.45, 2.75) is 0 Å². The van der Waals surface area contributed by atoms with Gasteiger partial charge in [0.05, 0.1) is 5.69 Å². The van der Waals surface area contributed by atoms with Gasteiger partial charge in [0, 0.05) is 24.9 Å². The third kappa shape index (κ3) is 2.23. The number of rotatable bonds is 2. The van der Waals surface area contributed by atoms with Crippen molar-refractivity contribution < 1.29 is 9.90 Å². The summed E-state index contributed by atoms with van der Waals surface area (Å²) in [5.74, 6) is -1.09. The Morgan fingerprint density at radius 3 is 2.76 bits per heavy atom. The summed E-state index contributed by atoms with van der Waals surface area (Å²) in [4.78, 5) is 26.2. The van der Waals surface area contributed by atoms with Crippen LogP contribution < -0.4 is 5.56 Å². The van der Waals surface area contributed by atoms with Crippen LogP contribution in [0.1, 0.15) is 10.5 Å². The van der Waals surface area contributed by atoms with Crippen molar-refractivity contribution in [2.24, 2.45) is 7.05 Å². The number of carboxylic acid groups (broad SMARTS) is 1. The van der Waals surface area contributed by atoms with Crippen LogP contribution in [-0.2, 0) is 7.05 Å². The first kappa shape index (κ1) is 11.1. The number of aryl methyl sites for hydroxylation is 1. The van der Waals surface area contributed by atoms with Gasteiger partial charge in [0.1, 0.15) is 5.69 Å². The molecule has 0 aliphatic rings. The third-order valence-electron chi connectivity index (χ3n) is 2.37. The Morgan fingerprint density at radius 1 is 1.35 bits per heavy atom. The van der Waals surface area contributed by atoms with E-state index in [9.17, 15) is 9.59 Å². The van der Waals surface area contributed by atoms with Crippen LogP contribution in [-0.4, -0.2) is 20.6 Å². The van der Waals surface area contributed by atoms with Crippen LogP contribution in [0.15, 0.2) is 41.3 Å². The molecule has 0 atom stereocenters. The fourth-order valence-corrected chi connectivity index (χ4v) is 1.42. The molecule has 2 heterocycles. The summed E-state index contributed by atoms with van der Waals surface area (Å²) < 4.78 is 1.44. The van der Waals surface area contributed by atoms with Crippen LogP contribution in [0.5, 0.6) is 0 Å². The second-order valence-electron chi connectivity index (χ2n) is 3.58.